The topological polar surface area (TPSA) is 20.3 Å². The van der Waals surface area contributed by atoms with Crippen LogP contribution in [-0.4, -0.2) is 23.9 Å². The molecule has 1 heterocycles. The van der Waals surface area contributed by atoms with Crippen molar-refractivity contribution in [3.8, 4) is 0 Å². The molecule has 2 aliphatic rings. The molecule has 0 spiro atoms. The van der Waals surface area contributed by atoms with Crippen molar-refractivity contribution in [3.05, 3.63) is 33.4 Å². The number of hydrogen-bond donors (Lipinski definition) is 0. The fraction of sp³-hybridized carbons (Fsp3) is 0.533. The summed E-state index contributed by atoms with van der Waals surface area (Å²) in [5.41, 5.74) is 0.872. The van der Waals surface area contributed by atoms with E-state index in [-0.39, 0.29) is 5.91 Å². The highest BCUT2D eigenvalue weighted by Gasteiger charge is 2.36. The third-order valence-corrected chi connectivity index (χ3v) is 5.31. The Morgan fingerprint density at radius 3 is 2.33 bits per heavy atom. The third kappa shape index (κ3) is 2.29. The summed E-state index contributed by atoms with van der Waals surface area (Å²) in [5.74, 6) is 1.77. The molecule has 2 nitrogen and oxygen atoms in total. The van der Waals surface area contributed by atoms with Gasteiger partial charge in [0.05, 0.1) is 5.56 Å². The molecule has 3 heteroatoms. The number of likely N-dealkylation sites (tertiary alicyclic amines) is 1. The number of benzene rings is 1. The monoisotopic (exact) mass is 355 g/mol. The van der Waals surface area contributed by atoms with E-state index in [1.54, 1.807) is 0 Å². The molecule has 1 aromatic carbocycles. The molecule has 1 amide bonds. The summed E-state index contributed by atoms with van der Waals surface area (Å²) in [5, 5.41) is 0. The van der Waals surface area contributed by atoms with Crippen LogP contribution in [0.15, 0.2) is 24.3 Å². The van der Waals surface area contributed by atoms with Gasteiger partial charge in [-0.15, -0.1) is 0 Å². The highest BCUT2D eigenvalue weighted by Crippen LogP contribution is 2.36. The maximum Gasteiger partial charge on any atom is 0.254 e. The van der Waals surface area contributed by atoms with E-state index in [4.69, 9.17) is 0 Å². The van der Waals surface area contributed by atoms with E-state index in [1.807, 2.05) is 24.3 Å². The highest BCUT2D eigenvalue weighted by molar-refractivity contribution is 14.1. The van der Waals surface area contributed by atoms with Gasteiger partial charge in [-0.05, 0) is 59.4 Å². The van der Waals surface area contributed by atoms with Crippen molar-refractivity contribution >= 4 is 28.5 Å². The molecule has 18 heavy (non-hydrogen) atoms. The van der Waals surface area contributed by atoms with Gasteiger partial charge in [-0.2, -0.15) is 0 Å². The first-order valence-electron chi connectivity index (χ1n) is 6.79. The molecule has 1 saturated heterocycles. The Labute approximate surface area is 122 Å². The molecule has 1 aliphatic carbocycles. The predicted molar refractivity (Wildman–Crippen MR) is 80.5 cm³/mol. The molecule has 2 atom stereocenters. The first kappa shape index (κ1) is 12.5. The van der Waals surface area contributed by atoms with E-state index < -0.39 is 0 Å². The number of rotatable bonds is 1. The van der Waals surface area contributed by atoms with Crippen molar-refractivity contribution in [3.63, 3.8) is 0 Å². The molecule has 96 valence electrons. The minimum absolute atomic E-state index is 0.231. The number of nitrogens with zero attached hydrogens (tertiary/aromatic N) is 1. The van der Waals surface area contributed by atoms with Crippen LogP contribution in [0.5, 0.6) is 0 Å². The third-order valence-electron chi connectivity index (χ3n) is 4.37. The van der Waals surface area contributed by atoms with E-state index in [0.29, 0.717) is 0 Å². The number of halogens is 1. The minimum atomic E-state index is 0.231. The lowest BCUT2D eigenvalue weighted by atomic mass is 9.82. The zero-order chi connectivity index (χ0) is 12.5. The molecular weight excluding hydrogens is 337 g/mol. The molecule has 1 saturated carbocycles. The van der Waals surface area contributed by atoms with Crippen molar-refractivity contribution in [2.45, 2.75) is 25.7 Å². The van der Waals surface area contributed by atoms with Gasteiger partial charge in [-0.25, -0.2) is 0 Å². The van der Waals surface area contributed by atoms with E-state index in [0.717, 1.165) is 34.1 Å². The van der Waals surface area contributed by atoms with Crippen LogP contribution in [0.3, 0.4) is 0 Å². The largest absolute Gasteiger partial charge is 0.338 e. The summed E-state index contributed by atoms with van der Waals surface area (Å²) in [6, 6.07) is 7.91. The SMILES string of the molecule is O=C(c1ccccc1I)N1CC2CCCCC2C1. The normalized spacial score (nSPS) is 27.1. The van der Waals surface area contributed by atoms with Gasteiger partial charge in [0.25, 0.3) is 5.91 Å². The Balaban J connectivity index is 1.76. The molecule has 0 bridgehead atoms. The first-order valence-corrected chi connectivity index (χ1v) is 7.87. The van der Waals surface area contributed by atoms with E-state index in [2.05, 4.69) is 27.5 Å². The number of amides is 1. The molecule has 0 N–H and O–H groups in total. The average molecular weight is 355 g/mol. The number of carbonyl (C=O) groups is 1. The fourth-order valence-electron chi connectivity index (χ4n) is 3.38. The van der Waals surface area contributed by atoms with Crippen molar-refractivity contribution in [2.24, 2.45) is 11.8 Å². The summed E-state index contributed by atoms with van der Waals surface area (Å²) in [7, 11) is 0. The fourth-order valence-corrected chi connectivity index (χ4v) is 3.99. The van der Waals surface area contributed by atoms with Crippen molar-refractivity contribution < 1.29 is 4.79 Å². The quantitative estimate of drug-likeness (QED) is 0.706. The summed E-state index contributed by atoms with van der Waals surface area (Å²) in [4.78, 5) is 14.6. The Morgan fingerprint density at radius 1 is 1.11 bits per heavy atom. The average Bonchev–Trinajstić information content (AvgIpc) is 2.82. The lowest BCUT2D eigenvalue weighted by Gasteiger charge is -2.22. The molecular formula is C15H18INO. The molecule has 0 aromatic heterocycles. The molecule has 0 radical (unpaired) electrons. The second-order valence-corrected chi connectivity index (χ2v) is 6.66. The molecule has 3 rings (SSSR count). The summed E-state index contributed by atoms with van der Waals surface area (Å²) in [6.45, 7) is 1.96. The predicted octanol–water partition coefficient (Wildman–Crippen LogP) is 3.55. The zero-order valence-electron chi connectivity index (χ0n) is 10.4. The first-order chi connectivity index (χ1) is 8.75. The van der Waals surface area contributed by atoms with Gasteiger partial charge in [0.2, 0.25) is 0 Å². The van der Waals surface area contributed by atoms with Crippen LogP contribution in [0.2, 0.25) is 0 Å². The van der Waals surface area contributed by atoms with Gasteiger partial charge in [0, 0.05) is 16.7 Å². The second-order valence-electron chi connectivity index (χ2n) is 5.49. The molecule has 2 fully saturated rings. The van der Waals surface area contributed by atoms with Gasteiger partial charge in [-0.3, -0.25) is 4.79 Å². The van der Waals surface area contributed by atoms with Crippen LogP contribution < -0.4 is 0 Å². The van der Waals surface area contributed by atoms with Gasteiger partial charge in [0.1, 0.15) is 0 Å². The Morgan fingerprint density at radius 2 is 1.72 bits per heavy atom. The van der Waals surface area contributed by atoms with Crippen LogP contribution in [-0.2, 0) is 0 Å². The second kappa shape index (κ2) is 5.19. The Bertz CT molecular complexity index is 446. The van der Waals surface area contributed by atoms with Crippen LogP contribution >= 0.6 is 22.6 Å². The smallest absolute Gasteiger partial charge is 0.254 e. The van der Waals surface area contributed by atoms with Crippen molar-refractivity contribution in [2.75, 3.05) is 13.1 Å². The molecule has 1 aliphatic heterocycles. The van der Waals surface area contributed by atoms with Crippen molar-refractivity contribution in [1.29, 1.82) is 0 Å². The van der Waals surface area contributed by atoms with Crippen LogP contribution in [0.25, 0.3) is 0 Å². The highest BCUT2D eigenvalue weighted by atomic mass is 127. The summed E-state index contributed by atoms with van der Waals surface area (Å²) < 4.78 is 1.06. The molecule has 2 unspecified atom stereocenters. The van der Waals surface area contributed by atoms with Crippen molar-refractivity contribution in [1.82, 2.24) is 4.90 Å². The van der Waals surface area contributed by atoms with E-state index >= 15 is 0 Å². The minimum Gasteiger partial charge on any atom is -0.338 e. The van der Waals surface area contributed by atoms with Gasteiger partial charge < -0.3 is 4.90 Å². The number of hydrogen-bond acceptors (Lipinski definition) is 1. The number of fused-ring (bicyclic) bond motifs is 1. The van der Waals surface area contributed by atoms with Crippen LogP contribution in [0, 0.1) is 15.4 Å². The van der Waals surface area contributed by atoms with Crippen LogP contribution in [0.1, 0.15) is 36.0 Å². The molecule has 1 aromatic rings. The van der Waals surface area contributed by atoms with E-state index in [9.17, 15) is 4.79 Å². The lowest BCUT2D eigenvalue weighted by Crippen LogP contribution is -2.29. The number of carbonyl (C=O) groups excluding carboxylic acids is 1. The van der Waals surface area contributed by atoms with Crippen LogP contribution in [0.4, 0.5) is 0 Å². The van der Waals surface area contributed by atoms with Gasteiger partial charge in [0.15, 0.2) is 0 Å². The maximum absolute atomic E-state index is 12.5. The summed E-state index contributed by atoms with van der Waals surface area (Å²) in [6.07, 6.45) is 5.35. The summed E-state index contributed by atoms with van der Waals surface area (Å²) >= 11 is 2.26. The van der Waals surface area contributed by atoms with Gasteiger partial charge >= 0.3 is 0 Å². The Hall–Kier alpha value is -0.580. The van der Waals surface area contributed by atoms with Gasteiger partial charge in [-0.1, -0.05) is 25.0 Å². The zero-order valence-corrected chi connectivity index (χ0v) is 12.6. The standard InChI is InChI=1S/C15H18INO/c16-14-8-4-3-7-13(14)15(18)17-9-11-5-1-2-6-12(11)10-17/h3-4,7-8,11-12H,1-2,5-6,9-10H2. The maximum atomic E-state index is 12.5. The Kier molecular flexibility index (Phi) is 3.59. The van der Waals surface area contributed by atoms with E-state index in [1.165, 1.54) is 25.7 Å². The lowest BCUT2D eigenvalue weighted by molar-refractivity contribution is 0.0783.